The monoisotopic (exact) mass is 692 g/mol. The third-order valence-electron chi connectivity index (χ3n) is 12.3. The number of rotatable bonds is 6. The number of hydrogen-bond donors (Lipinski definition) is 0. The summed E-state index contributed by atoms with van der Waals surface area (Å²) in [6.45, 7) is 26.5. The quantitative estimate of drug-likeness (QED) is 0.152. The van der Waals surface area contributed by atoms with E-state index in [9.17, 15) is 13.2 Å². The largest absolute Gasteiger partial charge is 0.243 e. The lowest BCUT2D eigenvalue weighted by Crippen LogP contribution is -2.58. The van der Waals surface area contributed by atoms with Crippen LogP contribution in [0.25, 0.3) is 33.4 Å². The normalized spacial score (nSPS) is 11.4. The second-order valence-electron chi connectivity index (χ2n) is 14.8. The summed E-state index contributed by atoms with van der Waals surface area (Å²) < 4.78 is 42.2. The fourth-order valence-electron chi connectivity index (χ4n) is 8.91. The lowest BCUT2D eigenvalue weighted by atomic mass is 9.32. The van der Waals surface area contributed by atoms with Gasteiger partial charge in [0.2, 0.25) is 6.71 Å². The molecule has 0 aliphatic heterocycles. The van der Waals surface area contributed by atoms with Crippen LogP contribution in [0, 0.1) is 101 Å². The maximum absolute atomic E-state index is 14.1. The maximum Gasteiger partial charge on any atom is 0.243 e. The van der Waals surface area contributed by atoms with Gasteiger partial charge in [-0.15, -0.1) is 0 Å². The van der Waals surface area contributed by atoms with Crippen molar-refractivity contribution in [3.05, 3.63) is 157 Å². The molecular formula is C48H48BF3. The zero-order valence-electron chi connectivity index (χ0n) is 32.6. The van der Waals surface area contributed by atoms with Gasteiger partial charge in [-0.1, -0.05) is 86.2 Å². The Bertz CT molecular complexity index is 2010. The molecule has 0 aliphatic carbocycles. The number of halogens is 3. The van der Waals surface area contributed by atoms with Crippen molar-refractivity contribution in [1.82, 2.24) is 0 Å². The molecule has 0 unspecified atom stereocenters. The fraction of sp³-hybridized carbons (Fsp3) is 0.250. The smallest absolute Gasteiger partial charge is 0.207 e. The highest BCUT2D eigenvalue weighted by molar-refractivity contribution is 6.97. The van der Waals surface area contributed by atoms with E-state index in [1.165, 1.54) is 120 Å². The third kappa shape index (κ3) is 6.00. The zero-order chi connectivity index (χ0) is 37.9. The molecule has 6 aromatic carbocycles. The summed E-state index contributed by atoms with van der Waals surface area (Å²) >= 11 is 0. The molecule has 0 spiro atoms. The molecule has 0 aromatic heterocycles. The second kappa shape index (κ2) is 14.0. The van der Waals surface area contributed by atoms with E-state index < -0.39 is 0 Å². The molecule has 0 N–H and O–H groups in total. The standard InChI is InChI=1S/C48H48BF3/c1-25-31(7)46(32(8)26(2)43(25)37-13-19-40(50)20-14-37)49(47-33(9)27(3)44(28(4)34(47)10)38-15-21-41(51)22-16-38)48-35(11)29(5)45(30(6)36(48)12)39-17-23-42(52)24-18-39/h13-24H,1-12H3. The molecule has 264 valence electrons. The predicted octanol–water partition coefficient (Wildman–Crippen LogP) is 11.3. The van der Waals surface area contributed by atoms with Crippen molar-refractivity contribution in [3.8, 4) is 33.4 Å². The second-order valence-corrected chi connectivity index (χ2v) is 14.8. The highest BCUT2D eigenvalue weighted by Gasteiger charge is 2.35. The van der Waals surface area contributed by atoms with E-state index in [4.69, 9.17) is 0 Å². The van der Waals surface area contributed by atoms with E-state index in [1.807, 2.05) is 36.4 Å². The highest BCUT2D eigenvalue weighted by atomic mass is 19.1. The van der Waals surface area contributed by atoms with Crippen LogP contribution in [-0.4, -0.2) is 6.71 Å². The number of benzene rings is 6. The molecule has 0 saturated heterocycles. The molecule has 0 amide bonds. The lowest BCUT2D eigenvalue weighted by molar-refractivity contribution is 0.627. The van der Waals surface area contributed by atoms with Gasteiger partial charge in [0.15, 0.2) is 0 Å². The Morgan fingerprint density at radius 3 is 0.615 bits per heavy atom. The summed E-state index contributed by atoms with van der Waals surface area (Å²) in [4.78, 5) is 0. The minimum atomic E-state index is -0.245. The van der Waals surface area contributed by atoms with Crippen LogP contribution < -0.4 is 16.4 Å². The third-order valence-corrected chi connectivity index (χ3v) is 12.3. The van der Waals surface area contributed by atoms with Crippen molar-refractivity contribution < 1.29 is 13.2 Å². The Morgan fingerprint density at radius 2 is 0.442 bits per heavy atom. The zero-order valence-corrected chi connectivity index (χ0v) is 32.6. The van der Waals surface area contributed by atoms with E-state index >= 15 is 0 Å². The Balaban J connectivity index is 1.74. The average molecular weight is 693 g/mol. The summed E-state index contributed by atoms with van der Waals surface area (Å²) in [7, 11) is 0. The number of hydrogen-bond acceptors (Lipinski definition) is 0. The van der Waals surface area contributed by atoms with Gasteiger partial charge >= 0.3 is 0 Å². The van der Waals surface area contributed by atoms with Crippen molar-refractivity contribution in [2.75, 3.05) is 0 Å². The van der Waals surface area contributed by atoms with Crippen LogP contribution in [0.5, 0.6) is 0 Å². The first-order valence-corrected chi connectivity index (χ1v) is 18.1. The molecular weight excluding hydrogens is 644 g/mol. The molecule has 52 heavy (non-hydrogen) atoms. The van der Waals surface area contributed by atoms with Crippen LogP contribution in [0.3, 0.4) is 0 Å². The lowest BCUT2D eigenvalue weighted by Gasteiger charge is -2.33. The summed E-state index contributed by atoms with van der Waals surface area (Å²) in [5, 5.41) is 0. The van der Waals surface area contributed by atoms with Crippen molar-refractivity contribution >= 4 is 23.1 Å². The van der Waals surface area contributed by atoms with Gasteiger partial charge in [-0.25, -0.2) is 13.2 Å². The van der Waals surface area contributed by atoms with E-state index in [2.05, 4.69) is 83.1 Å². The van der Waals surface area contributed by atoms with Gasteiger partial charge in [0.1, 0.15) is 17.5 Å². The van der Waals surface area contributed by atoms with Gasteiger partial charge in [0.05, 0.1) is 0 Å². The van der Waals surface area contributed by atoms with Crippen LogP contribution >= 0.6 is 0 Å². The minimum Gasteiger partial charge on any atom is -0.207 e. The van der Waals surface area contributed by atoms with Crippen LogP contribution in [0.15, 0.2) is 72.8 Å². The van der Waals surface area contributed by atoms with E-state index in [0.29, 0.717) is 0 Å². The molecule has 0 radical (unpaired) electrons. The van der Waals surface area contributed by atoms with Gasteiger partial charge in [-0.2, -0.15) is 0 Å². The molecule has 4 heteroatoms. The van der Waals surface area contributed by atoms with Crippen LogP contribution in [-0.2, 0) is 0 Å². The van der Waals surface area contributed by atoms with Gasteiger partial charge < -0.3 is 0 Å². The molecule has 0 nitrogen and oxygen atoms in total. The maximum atomic E-state index is 14.1. The Morgan fingerprint density at radius 1 is 0.269 bits per heavy atom. The SMILES string of the molecule is Cc1c(C)c(-c2ccc(F)cc2)c(C)c(C)c1B(c1c(C)c(C)c(-c2ccc(F)cc2)c(C)c1C)c1c(C)c(C)c(-c2ccc(F)cc2)c(C)c1C. The van der Waals surface area contributed by atoms with E-state index in [0.717, 1.165) is 33.4 Å². The molecule has 6 aromatic rings. The summed E-state index contributed by atoms with van der Waals surface area (Å²) in [6, 6.07) is 20.5. The summed E-state index contributed by atoms with van der Waals surface area (Å²) in [6.07, 6.45) is 0. The molecule has 0 aliphatic rings. The predicted molar refractivity (Wildman–Crippen MR) is 217 cm³/mol. The van der Waals surface area contributed by atoms with Crippen LogP contribution in [0.1, 0.15) is 66.8 Å². The first-order valence-electron chi connectivity index (χ1n) is 18.1. The Labute approximate surface area is 308 Å². The molecule has 0 heterocycles. The molecule has 0 fully saturated rings. The van der Waals surface area contributed by atoms with Crippen molar-refractivity contribution in [2.24, 2.45) is 0 Å². The van der Waals surface area contributed by atoms with Gasteiger partial charge in [-0.05, 0) is 186 Å². The molecule has 0 saturated carbocycles. The topological polar surface area (TPSA) is 0 Å². The minimum absolute atomic E-state index is 0.0981. The van der Waals surface area contributed by atoms with Crippen LogP contribution in [0.4, 0.5) is 13.2 Å². The molecule has 6 rings (SSSR count). The van der Waals surface area contributed by atoms with Crippen molar-refractivity contribution in [3.63, 3.8) is 0 Å². The average Bonchev–Trinajstić information content (AvgIpc) is 3.11. The highest BCUT2D eigenvalue weighted by Crippen LogP contribution is 2.36. The van der Waals surface area contributed by atoms with Crippen LogP contribution in [0.2, 0.25) is 0 Å². The summed E-state index contributed by atoms with van der Waals surface area (Å²) in [5.41, 5.74) is 24.8. The van der Waals surface area contributed by atoms with E-state index in [-0.39, 0.29) is 24.2 Å². The van der Waals surface area contributed by atoms with E-state index in [1.54, 1.807) is 0 Å². The van der Waals surface area contributed by atoms with Gasteiger partial charge in [0.25, 0.3) is 0 Å². The first-order chi connectivity index (χ1) is 24.6. The van der Waals surface area contributed by atoms with Crippen molar-refractivity contribution in [2.45, 2.75) is 83.1 Å². The Kier molecular flexibility index (Phi) is 9.92. The summed E-state index contributed by atoms with van der Waals surface area (Å²) in [5.74, 6) is -0.734. The van der Waals surface area contributed by atoms with Gasteiger partial charge in [0, 0.05) is 0 Å². The van der Waals surface area contributed by atoms with Gasteiger partial charge in [-0.3, -0.25) is 0 Å². The first kappa shape index (κ1) is 36.9. The Hall–Kier alpha value is -4.83. The molecule has 0 bridgehead atoms. The fourth-order valence-corrected chi connectivity index (χ4v) is 8.91. The molecule has 0 atom stereocenters. The van der Waals surface area contributed by atoms with Crippen molar-refractivity contribution in [1.29, 1.82) is 0 Å².